The van der Waals surface area contributed by atoms with Crippen LogP contribution in [0, 0.1) is 0 Å². The Morgan fingerprint density at radius 2 is 2.35 bits per heavy atom. The number of thiazole rings is 1. The van der Waals surface area contributed by atoms with E-state index >= 15 is 0 Å². The molecule has 0 saturated carbocycles. The lowest BCUT2D eigenvalue weighted by atomic mass is 9.95. The number of allylic oxidation sites excluding steroid dienone is 1. The Labute approximate surface area is 103 Å². The zero-order chi connectivity index (χ0) is 11.8. The van der Waals surface area contributed by atoms with Crippen LogP contribution in [0.5, 0.6) is 0 Å². The first-order chi connectivity index (χ1) is 8.22. The van der Waals surface area contributed by atoms with E-state index < -0.39 is 0 Å². The number of hydrogen-bond acceptors (Lipinski definition) is 5. The molecule has 2 heterocycles. The van der Waals surface area contributed by atoms with Crippen molar-refractivity contribution in [3.8, 4) is 0 Å². The summed E-state index contributed by atoms with van der Waals surface area (Å²) >= 11 is 1.48. The van der Waals surface area contributed by atoms with Crippen molar-refractivity contribution in [3.63, 3.8) is 0 Å². The molecule has 2 aromatic heterocycles. The van der Waals surface area contributed by atoms with Gasteiger partial charge in [0.2, 0.25) is 0 Å². The third-order valence-corrected chi connectivity index (χ3v) is 3.85. The predicted molar refractivity (Wildman–Crippen MR) is 69.7 cm³/mol. The van der Waals surface area contributed by atoms with E-state index in [1.807, 2.05) is 6.07 Å². The van der Waals surface area contributed by atoms with Gasteiger partial charge in [-0.25, -0.2) is 4.98 Å². The van der Waals surface area contributed by atoms with E-state index in [4.69, 9.17) is 5.73 Å². The Balaban J connectivity index is 2.00. The number of nitrogens with two attached hydrogens (primary N) is 1. The molecule has 3 N–H and O–H groups in total. The number of nitrogen functional groups attached to an aromatic ring is 1. The number of anilines is 1. The largest absolute Gasteiger partial charge is 0.393 e. The Kier molecular flexibility index (Phi) is 2.57. The first-order valence-electron chi connectivity index (χ1n) is 5.62. The summed E-state index contributed by atoms with van der Waals surface area (Å²) in [5.41, 5.74) is 8.72. The molecule has 0 aromatic carbocycles. The van der Waals surface area contributed by atoms with Crippen LogP contribution in [0.1, 0.15) is 25.0 Å². The fraction of sp³-hybridized carbons (Fsp3) is 0.333. The van der Waals surface area contributed by atoms with Gasteiger partial charge in [-0.3, -0.25) is 4.98 Å². The molecule has 1 atom stereocenters. The molecule has 4 nitrogen and oxygen atoms in total. The topological polar surface area (TPSA) is 72.0 Å². The summed E-state index contributed by atoms with van der Waals surface area (Å²) in [7, 11) is 0. The first kappa shape index (κ1) is 10.7. The van der Waals surface area contributed by atoms with Crippen LogP contribution in [0.2, 0.25) is 0 Å². The molecule has 1 aliphatic rings. The molecule has 0 bridgehead atoms. The molecular weight excluding hydrogens is 234 g/mol. The van der Waals surface area contributed by atoms with Gasteiger partial charge in [0.15, 0.2) is 5.13 Å². The Morgan fingerprint density at radius 3 is 3.12 bits per heavy atom. The standard InChI is InChI=1S/C12H13N3OS/c13-12-15-10-6-14-9(5-11(10)17-12)7-1-3-8(16)4-2-7/h1,5-6,8,16H,2-4H2,(H2,13,15). The van der Waals surface area contributed by atoms with Gasteiger partial charge in [-0.15, -0.1) is 0 Å². The summed E-state index contributed by atoms with van der Waals surface area (Å²) in [5.74, 6) is 0. The average Bonchev–Trinajstić information content (AvgIpc) is 2.69. The molecule has 1 unspecified atom stereocenters. The maximum absolute atomic E-state index is 9.46. The lowest BCUT2D eigenvalue weighted by Crippen LogP contribution is -2.10. The fourth-order valence-corrected chi connectivity index (χ4v) is 2.82. The highest BCUT2D eigenvalue weighted by molar-refractivity contribution is 7.22. The van der Waals surface area contributed by atoms with Crippen LogP contribution >= 0.6 is 11.3 Å². The van der Waals surface area contributed by atoms with Gasteiger partial charge in [0.1, 0.15) is 5.52 Å². The number of fused-ring (bicyclic) bond motifs is 1. The summed E-state index contributed by atoms with van der Waals surface area (Å²) < 4.78 is 1.07. The molecule has 0 aliphatic heterocycles. The second-order valence-electron chi connectivity index (χ2n) is 4.25. The Bertz CT molecular complexity index is 590. The van der Waals surface area contributed by atoms with Crippen LogP contribution in [0.3, 0.4) is 0 Å². The summed E-state index contributed by atoms with van der Waals surface area (Å²) in [4.78, 5) is 8.59. The molecular formula is C12H13N3OS. The quantitative estimate of drug-likeness (QED) is 0.810. The molecule has 17 heavy (non-hydrogen) atoms. The Morgan fingerprint density at radius 1 is 1.47 bits per heavy atom. The van der Waals surface area contributed by atoms with Crippen molar-refractivity contribution in [2.45, 2.75) is 25.4 Å². The molecule has 0 radical (unpaired) electrons. The summed E-state index contributed by atoms with van der Waals surface area (Å²) in [6, 6.07) is 2.03. The van der Waals surface area contributed by atoms with Gasteiger partial charge in [-0.05, 0) is 30.9 Å². The maximum Gasteiger partial charge on any atom is 0.181 e. The zero-order valence-corrected chi connectivity index (χ0v) is 10.1. The molecule has 5 heteroatoms. The molecule has 3 rings (SSSR count). The van der Waals surface area contributed by atoms with Crippen LogP contribution in [-0.2, 0) is 0 Å². The summed E-state index contributed by atoms with van der Waals surface area (Å²) in [6.07, 6.45) is 6.07. The lowest BCUT2D eigenvalue weighted by Gasteiger charge is -2.16. The van der Waals surface area contributed by atoms with Crippen LogP contribution in [0.4, 0.5) is 5.13 Å². The molecule has 88 valence electrons. The highest BCUT2D eigenvalue weighted by Crippen LogP contribution is 2.29. The van der Waals surface area contributed by atoms with Crippen molar-refractivity contribution < 1.29 is 5.11 Å². The van der Waals surface area contributed by atoms with Crippen LogP contribution in [0.25, 0.3) is 15.8 Å². The molecule has 1 aliphatic carbocycles. The van der Waals surface area contributed by atoms with Gasteiger partial charge in [0, 0.05) is 0 Å². The predicted octanol–water partition coefficient (Wildman–Crippen LogP) is 2.20. The van der Waals surface area contributed by atoms with Crippen molar-refractivity contribution in [1.29, 1.82) is 0 Å². The SMILES string of the molecule is Nc1nc2cnc(C3=CCC(O)CC3)cc2s1. The summed E-state index contributed by atoms with van der Waals surface area (Å²) in [6.45, 7) is 0. The number of pyridine rings is 1. The molecule has 0 amide bonds. The third-order valence-electron chi connectivity index (χ3n) is 3.00. The second-order valence-corrected chi connectivity index (χ2v) is 5.31. The van der Waals surface area contributed by atoms with Crippen molar-refractivity contribution in [2.24, 2.45) is 0 Å². The number of hydrogen-bond donors (Lipinski definition) is 2. The van der Waals surface area contributed by atoms with E-state index in [2.05, 4.69) is 16.0 Å². The molecule has 0 fully saturated rings. The minimum Gasteiger partial charge on any atom is -0.393 e. The Hall–Kier alpha value is -1.46. The average molecular weight is 247 g/mol. The van der Waals surface area contributed by atoms with Crippen LogP contribution in [-0.4, -0.2) is 21.2 Å². The van der Waals surface area contributed by atoms with Crippen molar-refractivity contribution in [3.05, 3.63) is 24.0 Å². The minimum absolute atomic E-state index is 0.193. The number of nitrogens with zero attached hydrogens (tertiary/aromatic N) is 2. The monoisotopic (exact) mass is 247 g/mol. The van der Waals surface area contributed by atoms with E-state index in [9.17, 15) is 5.11 Å². The normalized spacial score (nSPS) is 20.5. The highest BCUT2D eigenvalue weighted by atomic mass is 32.1. The minimum atomic E-state index is -0.193. The maximum atomic E-state index is 9.46. The number of aromatic nitrogens is 2. The first-order valence-corrected chi connectivity index (χ1v) is 6.43. The highest BCUT2D eigenvalue weighted by Gasteiger charge is 2.14. The fourth-order valence-electron chi connectivity index (χ4n) is 2.08. The van der Waals surface area contributed by atoms with Crippen LogP contribution < -0.4 is 5.73 Å². The van der Waals surface area contributed by atoms with Crippen molar-refractivity contribution >= 4 is 32.3 Å². The van der Waals surface area contributed by atoms with E-state index in [0.29, 0.717) is 5.13 Å². The second kappa shape index (κ2) is 4.09. The smallest absolute Gasteiger partial charge is 0.181 e. The van der Waals surface area contributed by atoms with Crippen molar-refractivity contribution in [1.82, 2.24) is 9.97 Å². The van der Waals surface area contributed by atoms with Gasteiger partial charge in [-0.1, -0.05) is 17.4 Å². The van der Waals surface area contributed by atoms with Crippen molar-refractivity contribution in [2.75, 3.05) is 5.73 Å². The van der Waals surface area contributed by atoms with E-state index in [-0.39, 0.29) is 6.10 Å². The van der Waals surface area contributed by atoms with E-state index in [1.165, 1.54) is 16.9 Å². The molecule has 0 saturated heterocycles. The van der Waals surface area contributed by atoms with E-state index in [0.717, 1.165) is 35.2 Å². The number of aliphatic hydroxyl groups is 1. The van der Waals surface area contributed by atoms with Gasteiger partial charge in [-0.2, -0.15) is 0 Å². The number of rotatable bonds is 1. The molecule has 0 spiro atoms. The van der Waals surface area contributed by atoms with Gasteiger partial charge < -0.3 is 10.8 Å². The van der Waals surface area contributed by atoms with Crippen LogP contribution in [0.15, 0.2) is 18.3 Å². The molecule has 2 aromatic rings. The number of aliphatic hydroxyl groups excluding tert-OH is 1. The lowest BCUT2D eigenvalue weighted by molar-refractivity contribution is 0.166. The van der Waals surface area contributed by atoms with Gasteiger partial charge in [0.05, 0.1) is 22.7 Å². The van der Waals surface area contributed by atoms with Gasteiger partial charge >= 0.3 is 0 Å². The zero-order valence-electron chi connectivity index (χ0n) is 9.26. The van der Waals surface area contributed by atoms with E-state index in [1.54, 1.807) is 6.20 Å². The van der Waals surface area contributed by atoms with Gasteiger partial charge in [0.25, 0.3) is 0 Å². The summed E-state index contributed by atoms with van der Waals surface area (Å²) in [5, 5.41) is 10.0. The third kappa shape index (κ3) is 2.03.